The molecule has 3 rings (SSSR count). The Morgan fingerprint density at radius 2 is 1.92 bits per heavy atom. The number of aryl methyl sites for hydroxylation is 1. The van der Waals surface area contributed by atoms with Crippen LogP contribution < -0.4 is 4.74 Å². The number of carbonyl (C=O) groups excluding carboxylic acids is 2. The Morgan fingerprint density at radius 1 is 1.16 bits per heavy atom. The van der Waals surface area contributed by atoms with Crippen LogP contribution in [0.4, 0.5) is 0 Å². The standard InChI is InChI=1S/C18H17N3O4/c1-10-15(18(23)24-3)11(2)21-16(10)14(22)8-25-17-12-6-4-5-7-13(12)19-9-20-17/h4-7,9,21H,8H2,1-3H3. The lowest BCUT2D eigenvalue weighted by molar-refractivity contribution is 0.0599. The zero-order valence-electron chi connectivity index (χ0n) is 14.1. The predicted octanol–water partition coefficient (Wildman–Crippen LogP) is 2.62. The zero-order chi connectivity index (χ0) is 18.0. The highest BCUT2D eigenvalue weighted by atomic mass is 16.5. The largest absolute Gasteiger partial charge is 0.469 e. The second-order valence-corrected chi connectivity index (χ2v) is 5.52. The number of H-pyrrole nitrogens is 1. The number of para-hydroxylation sites is 1. The average molecular weight is 339 g/mol. The molecule has 0 unspecified atom stereocenters. The number of aromatic amines is 1. The monoisotopic (exact) mass is 339 g/mol. The first-order chi connectivity index (χ1) is 12.0. The second-order valence-electron chi connectivity index (χ2n) is 5.52. The molecular weight excluding hydrogens is 322 g/mol. The molecule has 0 fully saturated rings. The van der Waals surface area contributed by atoms with E-state index in [0.29, 0.717) is 28.4 Å². The molecule has 7 nitrogen and oxygen atoms in total. The summed E-state index contributed by atoms with van der Waals surface area (Å²) in [6, 6.07) is 7.38. The van der Waals surface area contributed by atoms with E-state index in [1.165, 1.54) is 13.4 Å². The molecule has 0 spiro atoms. The number of aromatic nitrogens is 3. The lowest BCUT2D eigenvalue weighted by Crippen LogP contribution is -2.14. The number of nitrogens with one attached hydrogen (secondary N) is 1. The van der Waals surface area contributed by atoms with Crippen molar-refractivity contribution in [3.05, 3.63) is 53.1 Å². The smallest absolute Gasteiger partial charge is 0.339 e. The Balaban J connectivity index is 1.82. The number of carbonyl (C=O) groups is 2. The van der Waals surface area contributed by atoms with E-state index in [4.69, 9.17) is 9.47 Å². The predicted molar refractivity (Wildman–Crippen MR) is 91.0 cm³/mol. The Morgan fingerprint density at radius 3 is 2.68 bits per heavy atom. The number of hydrogen-bond donors (Lipinski definition) is 1. The van der Waals surface area contributed by atoms with E-state index in [1.54, 1.807) is 13.8 Å². The van der Waals surface area contributed by atoms with Crippen molar-refractivity contribution in [1.82, 2.24) is 15.0 Å². The summed E-state index contributed by atoms with van der Waals surface area (Å²) in [5, 5.41) is 0.729. The van der Waals surface area contributed by atoms with Gasteiger partial charge in [-0.15, -0.1) is 0 Å². The van der Waals surface area contributed by atoms with Gasteiger partial charge in [-0.25, -0.2) is 14.8 Å². The van der Waals surface area contributed by atoms with E-state index >= 15 is 0 Å². The van der Waals surface area contributed by atoms with Crippen molar-refractivity contribution in [3.8, 4) is 5.88 Å². The topological polar surface area (TPSA) is 94.2 Å². The molecule has 0 amide bonds. The van der Waals surface area contributed by atoms with Gasteiger partial charge in [-0.05, 0) is 31.5 Å². The third-order valence-electron chi connectivity index (χ3n) is 3.95. The third-order valence-corrected chi connectivity index (χ3v) is 3.95. The van der Waals surface area contributed by atoms with Crippen LogP contribution in [0, 0.1) is 13.8 Å². The number of nitrogens with zero attached hydrogens (tertiary/aromatic N) is 2. The van der Waals surface area contributed by atoms with Gasteiger partial charge in [0.1, 0.15) is 6.33 Å². The first-order valence-electron chi connectivity index (χ1n) is 7.66. The van der Waals surface area contributed by atoms with Gasteiger partial charge in [0.15, 0.2) is 6.61 Å². The van der Waals surface area contributed by atoms with Crippen molar-refractivity contribution in [2.24, 2.45) is 0 Å². The molecule has 0 saturated heterocycles. The molecule has 25 heavy (non-hydrogen) atoms. The average Bonchev–Trinajstić information content (AvgIpc) is 2.93. The van der Waals surface area contributed by atoms with Crippen molar-refractivity contribution in [3.63, 3.8) is 0 Å². The maximum absolute atomic E-state index is 12.5. The number of benzene rings is 1. The molecular formula is C18H17N3O4. The van der Waals surface area contributed by atoms with Crippen molar-refractivity contribution in [2.75, 3.05) is 13.7 Å². The van der Waals surface area contributed by atoms with E-state index in [1.807, 2.05) is 24.3 Å². The minimum absolute atomic E-state index is 0.206. The Kier molecular flexibility index (Phi) is 4.47. The van der Waals surface area contributed by atoms with Gasteiger partial charge in [-0.2, -0.15) is 0 Å². The number of hydrogen-bond acceptors (Lipinski definition) is 6. The van der Waals surface area contributed by atoms with Crippen LogP contribution in [0.1, 0.15) is 32.1 Å². The van der Waals surface area contributed by atoms with E-state index < -0.39 is 5.97 Å². The Labute approximate surface area is 144 Å². The van der Waals surface area contributed by atoms with Crippen molar-refractivity contribution < 1.29 is 19.1 Å². The summed E-state index contributed by atoms with van der Waals surface area (Å²) in [4.78, 5) is 35.5. The zero-order valence-corrected chi connectivity index (χ0v) is 14.1. The number of esters is 1. The SMILES string of the molecule is COC(=O)c1c(C)[nH]c(C(=O)COc2ncnc3ccccc23)c1C. The molecule has 2 heterocycles. The number of Topliss-reactive ketones (excluding diaryl/α,β-unsaturated/α-hetero) is 1. The molecule has 3 aromatic rings. The number of fused-ring (bicyclic) bond motifs is 1. The normalized spacial score (nSPS) is 10.7. The van der Waals surface area contributed by atoms with Gasteiger partial charge >= 0.3 is 5.97 Å². The van der Waals surface area contributed by atoms with Gasteiger partial charge in [-0.1, -0.05) is 12.1 Å². The lowest BCUT2D eigenvalue weighted by Gasteiger charge is -2.07. The summed E-state index contributed by atoms with van der Waals surface area (Å²) in [5.74, 6) is -0.417. The summed E-state index contributed by atoms with van der Waals surface area (Å²) in [7, 11) is 1.30. The van der Waals surface area contributed by atoms with Crippen LogP contribution in [0.5, 0.6) is 5.88 Å². The molecule has 0 aliphatic heterocycles. The van der Waals surface area contributed by atoms with Gasteiger partial charge in [-0.3, -0.25) is 4.79 Å². The molecule has 2 aromatic heterocycles. The van der Waals surface area contributed by atoms with Crippen LogP contribution in [0.2, 0.25) is 0 Å². The molecule has 7 heteroatoms. The quantitative estimate of drug-likeness (QED) is 0.567. The fraction of sp³-hybridized carbons (Fsp3) is 0.222. The van der Waals surface area contributed by atoms with Gasteiger partial charge in [0.2, 0.25) is 11.7 Å². The number of rotatable bonds is 5. The van der Waals surface area contributed by atoms with Crippen LogP contribution >= 0.6 is 0 Å². The van der Waals surface area contributed by atoms with E-state index in [-0.39, 0.29) is 12.4 Å². The summed E-state index contributed by atoms with van der Waals surface area (Å²) < 4.78 is 10.3. The number of ketones is 1. The fourth-order valence-corrected chi connectivity index (χ4v) is 2.74. The maximum Gasteiger partial charge on any atom is 0.339 e. The van der Waals surface area contributed by atoms with E-state index in [9.17, 15) is 9.59 Å². The Bertz CT molecular complexity index is 957. The lowest BCUT2D eigenvalue weighted by atomic mass is 10.1. The highest BCUT2D eigenvalue weighted by Crippen LogP contribution is 2.22. The second kappa shape index (κ2) is 6.72. The molecule has 0 bridgehead atoms. The molecule has 1 N–H and O–H groups in total. The van der Waals surface area contributed by atoms with Crippen molar-refractivity contribution >= 4 is 22.7 Å². The highest BCUT2D eigenvalue weighted by Gasteiger charge is 2.22. The number of ether oxygens (including phenoxy) is 2. The Hall–Kier alpha value is -3.22. The van der Waals surface area contributed by atoms with Gasteiger partial charge in [0.25, 0.3) is 0 Å². The van der Waals surface area contributed by atoms with Crippen molar-refractivity contribution in [2.45, 2.75) is 13.8 Å². The summed E-state index contributed by atoms with van der Waals surface area (Å²) in [6.07, 6.45) is 1.39. The first-order valence-corrected chi connectivity index (χ1v) is 7.66. The first kappa shape index (κ1) is 16.6. The maximum atomic E-state index is 12.5. The van der Waals surface area contributed by atoms with E-state index in [0.717, 1.165) is 10.9 Å². The molecule has 0 radical (unpaired) electrons. The van der Waals surface area contributed by atoms with Gasteiger partial charge in [0.05, 0.1) is 29.3 Å². The molecule has 0 aliphatic carbocycles. The summed E-state index contributed by atoms with van der Waals surface area (Å²) in [5.41, 5.74) is 2.57. The van der Waals surface area contributed by atoms with Gasteiger partial charge in [0, 0.05) is 5.69 Å². The fourth-order valence-electron chi connectivity index (χ4n) is 2.74. The molecule has 1 aromatic carbocycles. The van der Waals surface area contributed by atoms with Crippen LogP contribution in [-0.4, -0.2) is 40.4 Å². The molecule has 0 atom stereocenters. The van der Waals surface area contributed by atoms with E-state index in [2.05, 4.69) is 15.0 Å². The molecule has 0 saturated carbocycles. The minimum atomic E-state index is -0.479. The van der Waals surface area contributed by atoms with Crippen molar-refractivity contribution in [1.29, 1.82) is 0 Å². The van der Waals surface area contributed by atoms with Crippen LogP contribution in [0.15, 0.2) is 30.6 Å². The summed E-state index contributed by atoms with van der Waals surface area (Å²) >= 11 is 0. The molecule has 0 aliphatic rings. The summed E-state index contributed by atoms with van der Waals surface area (Å²) in [6.45, 7) is 3.21. The number of methoxy groups -OCH3 is 1. The third kappa shape index (κ3) is 3.08. The van der Waals surface area contributed by atoms with Crippen LogP contribution in [-0.2, 0) is 4.74 Å². The van der Waals surface area contributed by atoms with Crippen LogP contribution in [0.25, 0.3) is 10.9 Å². The van der Waals surface area contributed by atoms with Crippen LogP contribution in [0.3, 0.4) is 0 Å². The molecule has 128 valence electrons. The minimum Gasteiger partial charge on any atom is -0.469 e. The highest BCUT2D eigenvalue weighted by molar-refractivity contribution is 6.02. The van der Waals surface area contributed by atoms with Gasteiger partial charge < -0.3 is 14.5 Å².